The van der Waals surface area contributed by atoms with E-state index in [0.717, 1.165) is 6.42 Å². The molecule has 0 unspecified atom stereocenters. The standard InChI is InChI=1S/C21H26N4O4S3/c1-13-7-10-30-17(13)6-8-22-21(26)16-5-4-9-25(12-16)32(27,28)19-11-18(31-14(19)2)20-23-15(3)29-24-20/h7,10-11,16H,4-6,8-9,12H2,1-3H3,(H,22,26)/t16-/m0/s1. The van der Waals surface area contributed by atoms with Crippen molar-refractivity contribution in [3.05, 3.63) is 38.7 Å². The van der Waals surface area contributed by atoms with Crippen LogP contribution in [0.3, 0.4) is 0 Å². The summed E-state index contributed by atoms with van der Waals surface area (Å²) in [5.74, 6) is 0.383. The van der Waals surface area contributed by atoms with Crippen LogP contribution in [0.5, 0.6) is 0 Å². The molecule has 1 N–H and O–H groups in total. The molecule has 4 rings (SSSR count). The van der Waals surface area contributed by atoms with Gasteiger partial charge in [0.2, 0.25) is 27.6 Å². The maximum Gasteiger partial charge on any atom is 0.244 e. The molecule has 1 saturated heterocycles. The number of rotatable bonds is 7. The van der Waals surface area contributed by atoms with Crippen LogP contribution in [0.15, 0.2) is 26.9 Å². The number of nitrogens with zero attached hydrogens (tertiary/aromatic N) is 3. The summed E-state index contributed by atoms with van der Waals surface area (Å²) in [4.78, 5) is 19.7. The number of sulfonamides is 1. The third kappa shape index (κ3) is 4.80. The third-order valence-corrected chi connectivity index (χ3v) is 9.86. The van der Waals surface area contributed by atoms with E-state index in [-0.39, 0.29) is 23.3 Å². The number of amides is 1. The molecule has 1 aliphatic rings. The Hall–Kier alpha value is -2.08. The Kier molecular flexibility index (Phi) is 6.80. The molecule has 4 heterocycles. The van der Waals surface area contributed by atoms with Gasteiger partial charge in [0.15, 0.2) is 0 Å². The molecule has 0 radical (unpaired) electrons. The van der Waals surface area contributed by atoms with Crippen LogP contribution in [0, 0.1) is 26.7 Å². The third-order valence-electron chi connectivity index (χ3n) is 5.61. The van der Waals surface area contributed by atoms with Crippen LogP contribution >= 0.6 is 22.7 Å². The van der Waals surface area contributed by atoms with E-state index in [1.807, 2.05) is 5.38 Å². The zero-order valence-corrected chi connectivity index (χ0v) is 20.7. The Bertz CT molecular complexity index is 1210. The van der Waals surface area contributed by atoms with Gasteiger partial charge in [-0.3, -0.25) is 4.79 Å². The van der Waals surface area contributed by atoms with Gasteiger partial charge in [-0.2, -0.15) is 9.29 Å². The molecule has 0 saturated carbocycles. The van der Waals surface area contributed by atoms with Crippen LogP contribution in [-0.2, 0) is 21.2 Å². The fraction of sp³-hybridized carbons (Fsp3) is 0.476. The molecule has 172 valence electrons. The average Bonchev–Trinajstić information content (AvgIpc) is 3.48. The maximum absolute atomic E-state index is 13.4. The minimum atomic E-state index is -3.72. The molecule has 0 bridgehead atoms. The van der Waals surface area contributed by atoms with E-state index in [0.29, 0.717) is 47.4 Å². The van der Waals surface area contributed by atoms with Crippen molar-refractivity contribution in [2.24, 2.45) is 5.92 Å². The number of piperidine rings is 1. The number of nitrogens with one attached hydrogen (secondary N) is 1. The lowest BCUT2D eigenvalue weighted by Crippen LogP contribution is -2.45. The average molecular weight is 495 g/mol. The van der Waals surface area contributed by atoms with E-state index >= 15 is 0 Å². The Morgan fingerprint density at radius 1 is 1.34 bits per heavy atom. The van der Waals surface area contributed by atoms with Crippen LogP contribution in [-0.4, -0.2) is 48.4 Å². The lowest BCUT2D eigenvalue weighted by atomic mass is 9.99. The molecule has 32 heavy (non-hydrogen) atoms. The summed E-state index contributed by atoms with van der Waals surface area (Å²) in [6.45, 7) is 6.68. The number of hydrogen-bond acceptors (Lipinski definition) is 8. The second-order valence-corrected chi connectivity index (χ2v) is 12.1. The predicted octanol–water partition coefficient (Wildman–Crippen LogP) is 3.54. The first kappa shape index (κ1) is 23.1. The van der Waals surface area contributed by atoms with Crippen LogP contribution in [0.1, 0.15) is 34.1 Å². The molecule has 0 spiro atoms. The van der Waals surface area contributed by atoms with Crippen LogP contribution in [0.25, 0.3) is 10.7 Å². The number of carbonyl (C=O) groups is 1. The summed E-state index contributed by atoms with van der Waals surface area (Å²) in [6, 6.07) is 3.68. The molecular formula is C21H26N4O4S3. The predicted molar refractivity (Wildman–Crippen MR) is 124 cm³/mol. The molecule has 1 fully saturated rings. The molecule has 1 aliphatic heterocycles. The largest absolute Gasteiger partial charge is 0.355 e. The fourth-order valence-electron chi connectivity index (χ4n) is 3.85. The number of carbonyl (C=O) groups excluding carboxylic acids is 1. The van der Waals surface area contributed by atoms with Gasteiger partial charge in [0.1, 0.15) is 0 Å². The molecule has 0 aliphatic carbocycles. The lowest BCUT2D eigenvalue weighted by molar-refractivity contribution is -0.126. The molecule has 3 aromatic rings. The van der Waals surface area contributed by atoms with Crippen molar-refractivity contribution in [3.8, 4) is 10.7 Å². The second-order valence-electron chi connectivity index (χ2n) is 7.94. The van der Waals surface area contributed by atoms with Crippen molar-refractivity contribution in [2.45, 2.75) is 44.9 Å². The Morgan fingerprint density at radius 3 is 2.84 bits per heavy atom. The zero-order valence-electron chi connectivity index (χ0n) is 18.3. The molecule has 3 aromatic heterocycles. The van der Waals surface area contributed by atoms with Gasteiger partial charge in [0.25, 0.3) is 0 Å². The van der Waals surface area contributed by atoms with Gasteiger partial charge in [0.05, 0.1) is 15.7 Å². The summed E-state index contributed by atoms with van der Waals surface area (Å²) < 4.78 is 33.2. The maximum atomic E-state index is 13.4. The topological polar surface area (TPSA) is 105 Å². The van der Waals surface area contributed by atoms with Crippen molar-refractivity contribution in [2.75, 3.05) is 19.6 Å². The van der Waals surface area contributed by atoms with Crippen molar-refractivity contribution in [1.29, 1.82) is 0 Å². The molecule has 1 amide bonds. The molecule has 11 heteroatoms. The van der Waals surface area contributed by atoms with E-state index < -0.39 is 10.0 Å². The van der Waals surface area contributed by atoms with Gasteiger partial charge in [0, 0.05) is 36.3 Å². The molecule has 1 atom stereocenters. The first-order valence-corrected chi connectivity index (χ1v) is 13.6. The van der Waals surface area contributed by atoms with Gasteiger partial charge in [-0.25, -0.2) is 8.42 Å². The van der Waals surface area contributed by atoms with E-state index in [4.69, 9.17) is 4.52 Å². The van der Waals surface area contributed by atoms with E-state index in [9.17, 15) is 13.2 Å². The lowest BCUT2D eigenvalue weighted by Gasteiger charge is -2.31. The Morgan fingerprint density at radius 2 is 2.16 bits per heavy atom. The highest BCUT2D eigenvalue weighted by Gasteiger charge is 2.35. The highest BCUT2D eigenvalue weighted by Crippen LogP contribution is 2.34. The Balaban J connectivity index is 1.42. The quantitative estimate of drug-likeness (QED) is 0.539. The summed E-state index contributed by atoms with van der Waals surface area (Å²) in [7, 11) is -3.72. The van der Waals surface area contributed by atoms with Gasteiger partial charge in [-0.05, 0) is 56.2 Å². The number of hydrogen-bond donors (Lipinski definition) is 1. The molecule has 8 nitrogen and oxygen atoms in total. The number of thiophene rings is 2. The fourth-order valence-corrected chi connectivity index (χ4v) is 7.77. The minimum absolute atomic E-state index is 0.0795. The summed E-state index contributed by atoms with van der Waals surface area (Å²) in [6.07, 6.45) is 2.13. The second kappa shape index (κ2) is 9.42. The smallest absolute Gasteiger partial charge is 0.244 e. The zero-order chi connectivity index (χ0) is 22.9. The summed E-state index contributed by atoms with van der Waals surface area (Å²) in [5.41, 5.74) is 1.24. The van der Waals surface area contributed by atoms with Crippen LogP contribution in [0.2, 0.25) is 0 Å². The van der Waals surface area contributed by atoms with Crippen molar-refractivity contribution in [1.82, 2.24) is 19.8 Å². The first-order chi connectivity index (χ1) is 15.3. The van der Waals surface area contributed by atoms with Gasteiger partial charge >= 0.3 is 0 Å². The highest BCUT2D eigenvalue weighted by atomic mass is 32.2. The molecule has 0 aromatic carbocycles. The van der Waals surface area contributed by atoms with E-state index in [1.54, 1.807) is 31.3 Å². The first-order valence-electron chi connectivity index (χ1n) is 10.5. The van der Waals surface area contributed by atoms with Gasteiger partial charge in [-0.15, -0.1) is 22.7 Å². The van der Waals surface area contributed by atoms with Crippen LogP contribution in [0.4, 0.5) is 0 Å². The SMILES string of the molecule is Cc1nc(-c2cc(S(=O)(=O)N3CCC[C@H](C(=O)NCCc4sccc4C)C3)c(C)s2)no1. The highest BCUT2D eigenvalue weighted by molar-refractivity contribution is 7.89. The van der Waals surface area contributed by atoms with Gasteiger partial charge in [-0.1, -0.05) is 5.16 Å². The van der Waals surface area contributed by atoms with Crippen LogP contribution < -0.4 is 5.32 Å². The number of aromatic nitrogens is 2. The number of aryl methyl sites for hydroxylation is 3. The van der Waals surface area contributed by atoms with E-state index in [1.165, 1.54) is 26.1 Å². The van der Waals surface area contributed by atoms with Gasteiger partial charge < -0.3 is 9.84 Å². The van der Waals surface area contributed by atoms with Crippen molar-refractivity contribution in [3.63, 3.8) is 0 Å². The van der Waals surface area contributed by atoms with Crippen molar-refractivity contribution >= 4 is 38.6 Å². The minimum Gasteiger partial charge on any atom is -0.355 e. The normalized spacial score (nSPS) is 17.5. The summed E-state index contributed by atoms with van der Waals surface area (Å²) in [5, 5.41) is 8.93. The Labute approximate surface area is 195 Å². The van der Waals surface area contributed by atoms with Crippen molar-refractivity contribution < 1.29 is 17.7 Å². The van der Waals surface area contributed by atoms with E-state index in [2.05, 4.69) is 28.4 Å². The monoisotopic (exact) mass is 494 g/mol. The summed E-state index contributed by atoms with van der Waals surface area (Å²) >= 11 is 3.01. The molecular weight excluding hydrogens is 468 g/mol.